The predicted octanol–water partition coefficient (Wildman–Crippen LogP) is 4.22. The lowest BCUT2D eigenvalue weighted by Crippen LogP contribution is -2.57. The molecule has 0 saturated carbocycles. The summed E-state index contributed by atoms with van der Waals surface area (Å²) in [6.45, 7) is 7.40. The zero-order valence-corrected chi connectivity index (χ0v) is 21.9. The number of aromatic nitrogens is 2. The number of amides is 1. The van der Waals surface area contributed by atoms with E-state index in [1.54, 1.807) is 31.6 Å². The van der Waals surface area contributed by atoms with Crippen molar-refractivity contribution in [3.05, 3.63) is 70.5 Å². The molecule has 3 aromatic rings. The molecule has 0 spiro atoms. The number of piperazine rings is 1. The van der Waals surface area contributed by atoms with Gasteiger partial charge in [-0.25, -0.2) is 9.97 Å². The molecule has 36 heavy (non-hydrogen) atoms. The minimum Gasteiger partial charge on any atom is -0.495 e. The second-order valence-electron chi connectivity index (χ2n) is 9.55. The molecular weight excluding hydrogens is 476 g/mol. The number of carbonyl (C=O) groups excluding carboxylic acids is 1. The number of rotatable bonds is 8. The first-order valence-electron chi connectivity index (χ1n) is 12.0. The van der Waals surface area contributed by atoms with Crippen LogP contribution >= 0.6 is 11.6 Å². The van der Waals surface area contributed by atoms with Gasteiger partial charge in [0.05, 0.1) is 12.1 Å². The van der Waals surface area contributed by atoms with Gasteiger partial charge in [0.25, 0.3) is 5.91 Å². The summed E-state index contributed by atoms with van der Waals surface area (Å²) in [6, 6.07) is 11.8. The van der Waals surface area contributed by atoms with Crippen LogP contribution < -0.4 is 25.6 Å². The molecule has 0 bridgehead atoms. The molecule has 3 N–H and O–H groups in total. The highest BCUT2D eigenvalue weighted by Gasteiger charge is 2.25. The molecular formula is C27H33ClN6O2. The first kappa shape index (κ1) is 25.7. The third-order valence-electron chi connectivity index (χ3n) is 6.27. The molecule has 2 aromatic carbocycles. The maximum atomic E-state index is 12.1. The van der Waals surface area contributed by atoms with Gasteiger partial charge in [-0.2, -0.15) is 0 Å². The highest BCUT2D eigenvalue weighted by molar-refractivity contribution is 6.33. The van der Waals surface area contributed by atoms with Crippen LogP contribution in [0.4, 0.5) is 17.3 Å². The molecule has 8 nitrogen and oxygen atoms in total. The minimum absolute atomic E-state index is 0.106. The van der Waals surface area contributed by atoms with E-state index in [-0.39, 0.29) is 11.4 Å². The number of halogens is 1. The molecule has 1 aliphatic heterocycles. The summed E-state index contributed by atoms with van der Waals surface area (Å²) in [5.41, 5.74) is 4.57. The van der Waals surface area contributed by atoms with Crippen LogP contribution in [-0.4, -0.2) is 55.2 Å². The van der Waals surface area contributed by atoms with Gasteiger partial charge in [-0.1, -0.05) is 11.6 Å². The van der Waals surface area contributed by atoms with Gasteiger partial charge in [0.1, 0.15) is 5.75 Å². The fraction of sp³-hybridized carbons (Fsp3) is 0.370. The number of anilines is 3. The second kappa shape index (κ2) is 11.1. The first-order chi connectivity index (χ1) is 17.3. The van der Waals surface area contributed by atoms with Crippen molar-refractivity contribution in [1.82, 2.24) is 20.6 Å². The zero-order valence-electron chi connectivity index (χ0n) is 21.2. The molecule has 1 amide bonds. The summed E-state index contributed by atoms with van der Waals surface area (Å²) < 4.78 is 5.35. The van der Waals surface area contributed by atoms with E-state index < -0.39 is 0 Å². The van der Waals surface area contributed by atoms with Crippen molar-refractivity contribution in [2.75, 3.05) is 44.0 Å². The number of hydrogen-bond acceptors (Lipinski definition) is 7. The Kier molecular flexibility index (Phi) is 7.96. The molecule has 1 aromatic heterocycles. The largest absolute Gasteiger partial charge is 0.495 e. The summed E-state index contributed by atoms with van der Waals surface area (Å²) >= 11 is 6.48. The van der Waals surface area contributed by atoms with Crippen LogP contribution in [-0.2, 0) is 12.8 Å². The van der Waals surface area contributed by atoms with E-state index in [1.165, 1.54) is 12.8 Å². The molecule has 0 unspecified atom stereocenters. The minimum atomic E-state index is -0.185. The van der Waals surface area contributed by atoms with Gasteiger partial charge in [-0.3, -0.25) is 4.79 Å². The number of aryl methyl sites for hydroxylation is 2. The normalized spacial score (nSPS) is 14.9. The van der Waals surface area contributed by atoms with Gasteiger partial charge in [0.2, 0.25) is 5.95 Å². The lowest BCUT2D eigenvalue weighted by molar-refractivity contribution is 0.0962. The Morgan fingerprint density at radius 3 is 2.53 bits per heavy atom. The van der Waals surface area contributed by atoms with Gasteiger partial charge in [0.15, 0.2) is 0 Å². The number of ether oxygens (including phenoxy) is 1. The lowest BCUT2D eigenvalue weighted by atomic mass is 10.0. The molecule has 0 atom stereocenters. The summed E-state index contributed by atoms with van der Waals surface area (Å²) in [4.78, 5) is 23.4. The fourth-order valence-electron chi connectivity index (χ4n) is 4.34. The standard InChI is InChI=1S/C27H33ClN6O2/c1-27(2)17-34(12-11-32-27)22-9-7-21(8-10-22)33-26-30-15-18(16-31-26)5-6-19-13-20(25(35)29-3)14-23(36-4)24(19)28/h7-10,13-16,32H,5-6,11-12,17H2,1-4H3,(H,29,35)(H,30,31,33). The third kappa shape index (κ3) is 6.25. The Hall–Kier alpha value is -3.36. The Bertz CT molecular complexity index is 1200. The third-order valence-corrected chi connectivity index (χ3v) is 6.70. The average Bonchev–Trinajstić information content (AvgIpc) is 2.88. The molecule has 1 aliphatic rings. The van der Waals surface area contributed by atoms with Crippen molar-refractivity contribution < 1.29 is 9.53 Å². The van der Waals surface area contributed by atoms with Crippen LogP contribution in [0.1, 0.15) is 35.3 Å². The van der Waals surface area contributed by atoms with Crippen LogP contribution in [0.25, 0.3) is 0 Å². The topological polar surface area (TPSA) is 91.4 Å². The number of nitrogens with one attached hydrogen (secondary N) is 3. The number of methoxy groups -OCH3 is 1. The fourth-order valence-corrected chi connectivity index (χ4v) is 4.62. The highest BCUT2D eigenvalue weighted by atomic mass is 35.5. The number of carbonyl (C=O) groups is 1. The van der Waals surface area contributed by atoms with Crippen molar-refractivity contribution >= 4 is 34.8 Å². The quantitative estimate of drug-likeness (QED) is 0.419. The molecule has 9 heteroatoms. The van der Waals surface area contributed by atoms with E-state index >= 15 is 0 Å². The Balaban J connectivity index is 1.37. The van der Waals surface area contributed by atoms with Gasteiger partial charge < -0.3 is 25.6 Å². The lowest BCUT2D eigenvalue weighted by Gasteiger charge is -2.40. The maximum Gasteiger partial charge on any atom is 0.251 e. The molecule has 1 fully saturated rings. The van der Waals surface area contributed by atoms with Crippen molar-refractivity contribution in [2.45, 2.75) is 32.2 Å². The molecule has 4 rings (SSSR count). The molecule has 0 radical (unpaired) electrons. The SMILES string of the molecule is CNC(=O)c1cc(CCc2cnc(Nc3ccc(N4CCNC(C)(C)C4)cc3)nc2)c(Cl)c(OC)c1. The monoisotopic (exact) mass is 508 g/mol. The summed E-state index contributed by atoms with van der Waals surface area (Å²) in [5.74, 6) is 0.834. The number of hydrogen-bond donors (Lipinski definition) is 3. The second-order valence-corrected chi connectivity index (χ2v) is 9.93. The average molecular weight is 509 g/mol. The van der Waals surface area contributed by atoms with Crippen molar-refractivity contribution in [1.29, 1.82) is 0 Å². The number of nitrogens with zero attached hydrogens (tertiary/aromatic N) is 3. The van der Waals surface area contributed by atoms with Crippen LogP contribution in [0.2, 0.25) is 5.02 Å². The molecule has 1 saturated heterocycles. The van der Waals surface area contributed by atoms with E-state index in [1.807, 2.05) is 0 Å². The van der Waals surface area contributed by atoms with E-state index in [9.17, 15) is 4.79 Å². The maximum absolute atomic E-state index is 12.1. The molecule has 0 aliphatic carbocycles. The van der Waals surface area contributed by atoms with E-state index in [0.717, 1.165) is 36.4 Å². The summed E-state index contributed by atoms with van der Waals surface area (Å²) in [7, 11) is 3.13. The van der Waals surface area contributed by atoms with E-state index in [2.05, 4.69) is 68.9 Å². The van der Waals surface area contributed by atoms with Crippen LogP contribution in [0.3, 0.4) is 0 Å². The smallest absolute Gasteiger partial charge is 0.251 e. The van der Waals surface area contributed by atoms with E-state index in [4.69, 9.17) is 16.3 Å². The highest BCUT2D eigenvalue weighted by Crippen LogP contribution is 2.31. The van der Waals surface area contributed by atoms with Gasteiger partial charge >= 0.3 is 0 Å². The Labute approximate surface area is 217 Å². The zero-order chi connectivity index (χ0) is 25.7. The van der Waals surface area contributed by atoms with Crippen LogP contribution in [0.5, 0.6) is 5.75 Å². The first-order valence-corrected chi connectivity index (χ1v) is 12.4. The van der Waals surface area contributed by atoms with Crippen molar-refractivity contribution in [3.63, 3.8) is 0 Å². The predicted molar refractivity (Wildman–Crippen MR) is 145 cm³/mol. The van der Waals surface area contributed by atoms with Gasteiger partial charge in [-0.05, 0) is 74.2 Å². The van der Waals surface area contributed by atoms with Gasteiger partial charge in [-0.15, -0.1) is 0 Å². The van der Waals surface area contributed by atoms with Crippen LogP contribution in [0.15, 0.2) is 48.8 Å². The molecule has 2 heterocycles. The summed E-state index contributed by atoms with van der Waals surface area (Å²) in [6.07, 6.45) is 4.91. The van der Waals surface area contributed by atoms with Gasteiger partial charge in [0, 0.05) is 61.6 Å². The van der Waals surface area contributed by atoms with Crippen molar-refractivity contribution in [3.8, 4) is 5.75 Å². The van der Waals surface area contributed by atoms with E-state index in [0.29, 0.717) is 35.1 Å². The Morgan fingerprint density at radius 1 is 1.17 bits per heavy atom. The molecule has 190 valence electrons. The number of benzene rings is 2. The summed E-state index contributed by atoms with van der Waals surface area (Å²) in [5, 5.41) is 9.95. The van der Waals surface area contributed by atoms with Crippen LogP contribution in [0, 0.1) is 0 Å². The Morgan fingerprint density at radius 2 is 1.89 bits per heavy atom. The van der Waals surface area contributed by atoms with Crippen molar-refractivity contribution in [2.24, 2.45) is 0 Å².